The Bertz CT molecular complexity index is 825. The molecule has 0 aliphatic rings. The van der Waals surface area contributed by atoms with Gasteiger partial charge in [-0.1, -0.05) is 36.4 Å². The third-order valence-electron chi connectivity index (χ3n) is 3.61. The third-order valence-corrected chi connectivity index (χ3v) is 3.61. The van der Waals surface area contributed by atoms with Crippen molar-refractivity contribution in [2.75, 3.05) is 12.8 Å². The average molecular weight is 307 g/mol. The van der Waals surface area contributed by atoms with Gasteiger partial charge in [0.25, 0.3) is 0 Å². The molecule has 0 fully saturated rings. The standard InChI is InChI=1S/C18H17N3O2/c1-23-18(22)16-8-7-14(9-17(16)19)15-10-20-21(12-15)11-13-5-3-2-4-6-13/h2-10,12H,11,19H2,1H3. The fraction of sp³-hybridized carbons (Fsp3) is 0.111. The lowest BCUT2D eigenvalue weighted by Gasteiger charge is -2.05. The number of esters is 1. The first kappa shape index (κ1) is 14.8. The Kier molecular flexibility index (Phi) is 4.10. The molecule has 3 rings (SSSR count). The van der Waals surface area contributed by atoms with Crippen LogP contribution in [0.1, 0.15) is 15.9 Å². The summed E-state index contributed by atoms with van der Waals surface area (Å²) in [6, 6.07) is 15.4. The molecule has 5 heteroatoms. The van der Waals surface area contributed by atoms with Crippen LogP contribution in [0.25, 0.3) is 11.1 Å². The molecular weight excluding hydrogens is 290 g/mol. The summed E-state index contributed by atoms with van der Waals surface area (Å²) in [7, 11) is 1.34. The summed E-state index contributed by atoms with van der Waals surface area (Å²) in [5, 5.41) is 4.38. The number of nitrogens with two attached hydrogens (primary N) is 1. The Hall–Kier alpha value is -3.08. The normalized spacial score (nSPS) is 10.5. The van der Waals surface area contributed by atoms with Crippen LogP contribution >= 0.6 is 0 Å². The van der Waals surface area contributed by atoms with E-state index in [1.807, 2.05) is 35.1 Å². The molecule has 0 saturated carbocycles. The zero-order valence-electron chi connectivity index (χ0n) is 12.8. The first-order valence-corrected chi connectivity index (χ1v) is 7.22. The maximum Gasteiger partial charge on any atom is 0.339 e. The summed E-state index contributed by atoms with van der Waals surface area (Å²) in [6.07, 6.45) is 3.75. The Morgan fingerprint density at radius 2 is 1.96 bits per heavy atom. The molecule has 0 spiro atoms. The highest BCUT2D eigenvalue weighted by Gasteiger charge is 2.11. The van der Waals surface area contributed by atoms with Crippen LogP contribution in [0, 0.1) is 0 Å². The predicted molar refractivity (Wildman–Crippen MR) is 89.0 cm³/mol. The molecule has 0 radical (unpaired) electrons. The van der Waals surface area contributed by atoms with Crippen molar-refractivity contribution in [2.24, 2.45) is 0 Å². The number of methoxy groups -OCH3 is 1. The van der Waals surface area contributed by atoms with Crippen molar-refractivity contribution in [1.29, 1.82) is 0 Å². The van der Waals surface area contributed by atoms with Crippen LogP contribution in [-0.2, 0) is 11.3 Å². The molecule has 0 saturated heterocycles. The monoisotopic (exact) mass is 307 g/mol. The minimum Gasteiger partial charge on any atom is -0.465 e. The number of carbonyl (C=O) groups is 1. The van der Waals surface area contributed by atoms with Gasteiger partial charge in [-0.05, 0) is 23.3 Å². The number of nitrogen functional groups attached to an aromatic ring is 1. The minimum absolute atomic E-state index is 0.368. The summed E-state index contributed by atoms with van der Waals surface area (Å²) in [6.45, 7) is 0.705. The molecule has 0 aliphatic heterocycles. The van der Waals surface area contributed by atoms with Crippen LogP contribution < -0.4 is 5.73 Å². The molecule has 2 aromatic carbocycles. The third kappa shape index (κ3) is 3.23. The van der Waals surface area contributed by atoms with Crippen LogP contribution in [-0.4, -0.2) is 22.9 Å². The van der Waals surface area contributed by atoms with E-state index in [-0.39, 0.29) is 0 Å². The van der Waals surface area contributed by atoms with Gasteiger partial charge in [0.2, 0.25) is 0 Å². The van der Waals surface area contributed by atoms with E-state index in [0.29, 0.717) is 17.8 Å². The smallest absolute Gasteiger partial charge is 0.339 e. The molecule has 5 nitrogen and oxygen atoms in total. The molecule has 1 aromatic heterocycles. The molecule has 3 aromatic rings. The van der Waals surface area contributed by atoms with Crippen LogP contribution in [0.3, 0.4) is 0 Å². The van der Waals surface area contributed by atoms with Crippen molar-refractivity contribution in [3.05, 3.63) is 72.1 Å². The van der Waals surface area contributed by atoms with Crippen LogP contribution in [0.2, 0.25) is 0 Å². The van der Waals surface area contributed by atoms with Crippen LogP contribution in [0.5, 0.6) is 0 Å². The Balaban J connectivity index is 1.83. The fourth-order valence-corrected chi connectivity index (χ4v) is 2.41. The fourth-order valence-electron chi connectivity index (χ4n) is 2.41. The number of ether oxygens (including phenoxy) is 1. The van der Waals surface area contributed by atoms with Gasteiger partial charge in [-0.25, -0.2) is 4.79 Å². The highest BCUT2D eigenvalue weighted by Crippen LogP contribution is 2.24. The lowest BCUT2D eigenvalue weighted by molar-refractivity contribution is 0.0602. The largest absolute Gasteiger partial charge is 0.465 e. The van der Waals surface area contributed by atoms with E-state index in [2.05, 4.69) is 17.2 Å². The van der Waals surface area contributed by atoms with E-state index < -0.39 is 5.97 Å². The summed E-state index contributed by atoms with van der Waals surface area (Å²) in [5.74, 6) is -0.436. The first-order valence-electron chi connectivity index (χ1n) is 7.22. The van der Waals surface area contributed by atoms with E-state index in [4.69, 9.17) is 10.5 Å². The van der Waals surface area contributed by atoms with E-state index >= 15 is 0 Å². The molecule has 23 heavy (non-hydrogen) atoms. The number of hydrogen-bond acceptors (Lipinski definition) is 4. The lowest BCUT2D eigenvalue weighted by atomic mass is 10.1. The molecule has 1 heterocycles. The van der Waals surface area contributed by atoms with Gasteiger partial charge < -0.3 is 10.5 Å². The predicted octanol–water partition coefficient (Wildman–Crippen LogP) is 2.97. The second-order valence-corrected chi connectivity index (χ2v) is 5.21. The zero-order chi connectivity index (χ0) is 16.2. The van der Waals surface area contributed by atoms with Crippen molar-refractivity contribution in [2.45, 2.75) is 6.54 Å². The van der Waals surface area contributed by atoms with Crippen molar-refractivity contribution >= 4 is 11.7 Å². The molecule has 0 bridgehead atoms. The molecule has 116 valence electrons. The van der Waals surface area contributed by atoms with E-state index in [1.165, 1.54) is 12.7 Å². The van der Waals surface area contributed by atoms with Crippen molar-refractivity contribution in [3.8, 4) is 11.1 Å². The van der Waals surface area contributed by atoms with Crippen LogP contribution in [0.4, 0.5) is 5.69 Å². The number of hydrogen-bond donors (Lipinski definition) is 1. The molecule has 0 unspecified atom stereocenters. The van der Waals surface area contributed by atoms with Gasteiger partial charge in [0.05, 0.1) is 25.4 Å². The van der Waals surface area contributed by atoms with Gasteiger partial charge in [-0.15, -0.1) is 0 Å². The number of anilines is 1. The zero-order valence-corrected chi connectivity index (χ0v) is 12.8. The number of nitrogens with zero attached hydrogens (tertiary/aromatic N) is 2. The Labute approximate surface area is 134 Å². The average Bonchev–Trinajstić information content (AvgIpc) is 3.03. The van der Waals surface area contributed by atoms with Crippen LogP contribution in [0.15, 0.2) is 60.9 Å². The number of carbonyl (C=O) groups excluding carboxylic acids is 1. The molecule has 0 aliphatic carbocycles. The minimum atomic E-state index is -0.436. The second kappa shape index (κ2) is 6.36. The van der Waals surface area contributed by atoms with Crippen molar-refractivity contribution < 1.29 is 9.53 Å². The van der Waals surface area contributed by atoms with Gasteiger partial charge in [0.1, 0.15) is 0 Å². The summed E-state index contributed by atoms with van der Waals surface area (Å²) < 4.78 is 6.57. The van der Waals surface area contributed by atoms with E-state index in [0.717, 1.165) is 11.1 Å². The first-order chi connectivity index (χ1) is 11.2. The highest BCUT2D eigenvalue weighted by atomic mass is 16.5. The number of benzene rings is 2. The highest BCUT2D eigenvalue weighted by molar-refractivity contribution is 5.96. The quantitative estimate of drug-likeness (QED) is 0.594. The molecule has 2 N–H and O–H groups in total. The van der Waals surface area contributed by atoms with Gasteiger partial charge in [-0.3, -0.25) is 4.68 Å². The lowest BCUT2D eigenvalue weighted by Crippen LogP contribution is -2.05. The SMILES string of the molecule is COC(=O)c1ccc(-c2cnn(Cc3ccccc3)c2)cc1N. The van der Waals surface area contributed by atoms with Gasteiger partial charge >= 0.3 is 5.97 Å². The molecular formula is C18H17N3O2. The van der Waals surface area contributed by atoms with Gasteiger partial charge in [0, 0.05) is 17.4 Å². The van der Waals surface area contributed by atoms with Gasteiger partial charge in [-0.2, -0.15) is 5.10 Å². The van der Waals surface area contributed by atoms with E-state index in [9.17, 15) is 4.79 Å². The van der Waals surface area contributed by atoms with E-state index in [1.54, 1.807) is 18.3 Å². The number of aromatic nitrogens is 2. The number of rotatable bonds is 4. The van der Waals surface area contributed by atoms with Crippen molar-refractivity contribution in [3.63, 3.8) is 0 Å². The molecule has 0 atom stereocenters. The molecule has 0 amide bonds. The second-order valence-electron chi connectivity index (χ2n) is 5.21. The topological polar surface area (TPSA) is 70.1 Å². The Morgan fingerprint density at radius 3 is 2.65 bits per heavy atom. The van der Waals surface area contributed by atoms with Gasteiger partial charge in [0.15, 0.2) is 0 Å². The summed E-state index contributed by atoms with van der Waals surface area (Å²) >= 11 is 0. The summed E-state index contributed by atoms with van der Waals surface area (Å²) in [5.41, 5.74) is 9.74. The van der Waals surface area contributed by atoms with Crippen molar-refractivity contribution in [1.82, 2.24) is 9.78 Å². The maximum atomic E-state index is 11.6. The summed E-state index contributed by atoms with van der Waals surface area (Å²) in [4.78, 5) is 11.6. The Morgan fingerprint density at radius 1 is 1.17 bits per heavy atom. The maximum absolute atomic E-state index is 11.6.